The van der Waals surface area contributed by atoms with E-state index in [1.165, 1.54) is 0 Å². The molecule has 0 aliphatic heterocycles. The minimum absolute atomic E-state index is 0.0919. The molecule has 0 unspecified atom stereocenters. The molecule has 0 aliphatic carbocycles. The summed E-state index contributed by atoms with van der Waals surface area (Å²) in [6.07, 6.45) is -7.03. The van der Waals surface area contributed by atoms with Gasteiger partial charge in [-0.2, -0.15) is 17.6 Å². The highest BCUT2D eigenvalue weighted by Gasteiger charge is 2.42. The van der Waals surface area contributed by atoms with Crippen LogP contribution in [0, 0.1) is 52.4 Å². The summed E-state index contributed by atoms with van der Waals surface area (Å²) in [5.74, 6) is -15.4. The molecule has 51 heavy (non-hydrogen) atoms. The summed E-state index contributed by atoms with van der Waals surface area (Å²) in [5.41, 5.74) is -6.73. The van der Waals surface area contributed by atoms with Gasteiger partial charge in [0, 0.05) is 17.7 Å². The van der Waals surface area contributed by atoms with Crippen LogP contribution in [-0.2, 0) is 12.5 Å². The average Bonchev–Trinajstić information content (AvgIpc) is 2.98. The minimum atomic E-state index is -4.99. The van der Waals surface area contributed by atoms with Gasteiger partial charge in [0.25, 0.3) is 6.08 Å². The number of allylic oxidation sites excluding steroid dienone is 1. The lowest BCUT2D eigenvalue weighted by atomic mass is 9.98. The maximum Gasteiger partial charge on any atom is 0.432 e. The fourth-order valence-electron chi connectivity index (χ4n) is 5.17. The Hall–Kier alpha value is -4.69. The molecule has 0 N–H and O–H groups in total. The van der Waals surface area contributed by atoms with Crippen molar-refractivity contribution in [1.82, 2.24) is 0 Å². The van der Waals surface area contributed by atoms with Crippen LogP contribution in [0.4, 0.5) is 57.1 Å². The highest BCUT2D eigenvalue weighted by molar-refractivity contribution is 6.34. The topological polar surface area (TPSA) is 9.23 Å². The number of alkyl halides is 2. The smallest absolute Gasteiger partial charge is 0.429 e. The number of aryl methyl sites for hydroxylation is 1. The molecule has 0 saturated carbocycles. The maximum atomic E-state index is 15.1. The van der Waals surface area contributed by atoms with E-state index < -0.39 is 119 Å². The molecule has 0 fully saturated rings. The molecular formula is C35H15Cl2F13O. The third-order valence-corrected chi connectivity index (χ3v) is 7.98. The quantitative estimate of drug-likeness (QED) is 0.107. The van der Waals surface area contributed by atoms with Crippen molar-refractivity contribution in [2.45, 2.75) is 19.0 Å². The van der Waals surface area contributed by atoms with Gasteiger partial charge < -0.3 is 4.74 Å². The van der Waals surface area contributed by atoms with Gasteiger partial charge in [0.1, 0.15) is 68.7 Å². The first-order valence-electron chi connectivity index (χ1n) is 14.1. The molecule has 0 heterocycles. The van der Waals surface area contributed by atoms with Crippen molar-refractivity contribution in [3.63, 3.8) is 0 Å². The third kappa shape index (κ3) is 7.81. The average molecular weight is 769 g/mol. The third-order valence-electron chi connectivity index (χ3n) is 7.32. The molecule has 1 nitrogen and oxygen atoms in total. The standard InChI is InChI=1S/C35H15Cl2F13O/c36-19-6-15(7-22(40)30(19)16-10-27(45)34(37)28(46)11-16)31-23(41)12-18(13-24(31)42)51-35(49,50)33-25(43)8-17(9-26(33)44)32-20(38)4-14(5-21(32)39)2-1-3-29(47)48/h3-13H,1-2H2. The number of halogens is 15. The summed E-state index contributed by atoms with van der Waals surface area (Å²) in [6.45, 7) is 0. The van der Waals surface area contributed by atoms with Crippen LogP contribution in [-0.4, -0.2) is 0 Å². The Morgan fingerprint density at radius 1 is 0.549 bits per heavy atom. The van der Waals surface area contributed by atoms with Crippen molar-refractivity contribution >= 4 is 23.2 Å². The molecule has 5 rings (SSSR count). The Balaban J connectivity index is 1.43. The van der Waals surface area contributed by atoms with Crippen molar-refractivity contribution in [3.8, 4) is 39.1 Å². The number of hydrogen-bond acceptors (Lipinski definition) is 1. The van der Waals surface area contributed by atoms with Gasteiger partial charge in [0.05, 0.1) is 16.1 Å². The Bertz CT molecular complexity index is 2100. The summed E-state index contributed by atoms with van der Waals surface area (Å²) >= 11 is 11.5. The summed E-state index contributed by atoms with van der Waals surface area (Å²) in [5, 5.41) is -1.47. The first-order valence-corrected chi connectivity index (χ1v) is 14.8. The summed E-state index contributed by atoms with van der Waals surface area (Å²) < 4.78 is 191. The van der Waals surface area contributed by atoms with Crippen molar-refractivity contribution in [2.24, 2.45) is 0 Å². The van der Waals surface area contributed by atoms with Crippen molar-refractivity contribution in [1.29, 1.82) is 0 Å². The maximum absolute atomic E-state index is 15.1. The molecule has 0 radical (unpaired) electrons. The first-order chi connectivity index (χ1) is 23.9. The van der Waals surface area contributed by atoms with E-state index in [4.69, 9.17) is 23.2 Å². The van der Waals surface area contributed by atoms with Gasteiger partial charge in [-0.3, -0.25) is 0 Å². The molecule has 0 aliphatic rings. The van der Waals surface area contributed by atoms with Gasteiger partial charge in [0.15, 0.2) is 0 Å². The molecule has 0 aromatic heterocycles. The molecule has 0 spiro atoms. The van der Waals surface area contributed by atoms with Gasteiger partial charge in [-0.05, 0) is 89.7 Å². The van der Waals surface area contributed by atoms with Crippen molar-refractivity contribution in [3.05, 3.63) is 146 Å². The zero-order valence-electron chi connectivity index (χ0n) is 24.8. The molecule has 16 heteroatoms. The SMILES string of the molecule is FC(F)=CCCc1cc(F)c(-c2cc(F)c(C(F)(F)Oc3cc(F)c(-c4cc(F)c(-c5cc(F)c(Cl)c(F)c5)c(Cl)c4)c(F)c3)c(F)c2)c(F)c1. The summed E-state index contributed by atoms with van der Waals surface area (Å²) in [4.78, 5) is 0. The lowest BCUT2D eigenvalue weighted by molar-refractivity contribution is -0.189. The molecule has 0 bridgehead atoms. The van der Waals surface area contributed by atoms with Crippen molar-refractivity contribution < 1.29 is 61.8 Å². The number of hydrogen-bond donors (Lipinski definition) is 0. The van der Waals surface area contributed by atoms with Crippen LogP contribution >= 0.6 is 23.2 Å². The van der Waals surface area contributed by atoms with Crippen LogP contribution in [0.15, 0.2) is 72.8 Å². The van der Waals surface area contributed by atoms with E-state index in [0.29, 0.717) is 36.4 Å². The normalized spacial score (nSPS) is 11.6. The molecule has 5 aromatic carbocycles. The predicted molar refractivity (Wildman–Crippen MR) is 162 cm³/mol. The fourth-order valence-corrected chi connectivity index (χ4v) is 5.59. The molecule has 5 aromatic rings. The van der Waals surface area contributed by atoms with Gasteiger partial charge in [0.2, 0.25) is 0 Å². The summed E-state index contributed by atoms with van der Waals surface area (Å²) in [7, 11) is 0. The Labute approximate surface area is 289 Å². The van der Waals surface area contributed by atoms with Gasteiger partial charge in [-0.15, -0.1) is 0 Å². The lowest BCUT2D eigenvalue weighted by Crippen LogP contribution is -2.25. The number of rotatable bonds is 9. The second-order valence-electron chi connectivity index (χ2n) is 10.7. The monoisotopic (exact) mass is 768 g/mol. The highest BCUT2D eigenvalue weighted by atomic mass is 35.5. The van der Waals surface area contributed by atoms with Gasteiger partial charge in [-0.1, -0.05) is 23.2 Å². The zero-order chi connectivity index (χ0) is 37.5. The van der Waals surface area contributed by atoms with Crippen LogP contribution in [0.2, 0.25) is 10.0 Å². The van der Waals surface area contributed by atoms with E-state index in [9.17, 15) is 35.1 Å². The van der Waals surface area contributed by atoms with E-state index in [1.807, 2.05) is 0 Å². The molecule has 0 atom stereocenters. The Morgan fingerprint density at radius 2 is 0.961 bits per heavy atom. The number of benzene rings is 5. The van der Waals surface area contributed by atoms with Crippen LogP contribution < -0.4 is 4.74 Å². The van der Waals surface area contributed by atoms with Crippen LogP contribution in [0.5, 0.6) is 5.75 Å². The number of ether oxygens (including phenoxy) is 1. The largest absolute Gasteiger partial charge is 0.432 e. The first kappa shape index (κ1) is 37.6. The highest BCUT2D eigenvalue weighted by Crippen LogP contribution is 2.42. The minimum Gasteiger partial charge on any atom is -0.429 e. The van der Waals surface area contributed by atoms with Crippen molar-refractivity contribution in [2.75, 3.05) is 0 Å². The molecule has 0 saturated heterocycles. The van der Waals surface area contributed by atoms with E-state index in [0.717, 1.165) is 6.07 Å². The Morgan fingerprint density at radius 3 is 1.45 bits per heavy atom. The van der Waals surface area contributed by atoms with E-state index in [2.05, 4.69) is 4.74 Å². The Kier molecular flexibility index (Phi) is 10.7. The zero-order valence-corrected chi connectivity index (χ0v) is 26.4. The van der Waals surface area contributed by atoms with E-state index in [1.54, 1.807) is 0 Å². The van der Waals surface area contributed by atoms with E-state index in [-0.39, 0.29) is 42.7 Å². The van der Waals surface area contributed by atoms with Gasteiger partial charge in [-0.25, -0.2) is 39.5 Å². The second kappa shape index (κ2) is 14.5. The van der Waals surface area contributed by atoms with Gasteiger partial charge >= 0.3 is 6.11 Å². The molecular weight excluding hydrogens is 754 g/mol. The predicted octanol–water partition coefficient (Wildman–Crippen LogP) is 13.1. The lowest BCUT2D eigenvalue weighted by Gasteiger charge is -2.21. The fraction of sp³-hybridized carbons (Fsp3) is 0.0857. The van der Waals surface area contributed by atoms with Crippen LogP contribution in [0.1, 0.15) is 17.5 Å². The summed E-state index contributed by atoms with van der Waals surface area (Å²) in [6, 6.07) is 4.68. The molecule has 0 amide bonds. The molecule has 266 valence electrons. The van der Waals surface area contributed by atoms with Crippen LogP contribution in [0.25, 0.3) is 33.4 Å². The van der Waals surface area contributed by atoms with Crippen LogP contribution in [0.3, 0.4) is 0 Å². The second-order valence-corrected chi connectivity index (χ2v) is 11.5. The van der Waals surface area contributed by atoms with E-state index >= 15 is 22.0 Å².